The number of fused-ring (bicyclic) bond motifs is 1. The largest absolute Gasteiger partial charge is 0.453 e. The lowest BCUT2D eigenvalue weighted by Gasteiger charge is -2.33. The van der Waals surface area contributed by atoms with Gasteiger partial charge in [-0.05, 0) is 59.4 Å². The molecule has 0 saturated heterocycles. The highest BCUT2D eigenvalue weighted by Gasteiger charge is 2.27. The van der Waals surface area contributed by atoms with Crippen molar-refractivity contribution in [3.8, 4) is 0 Å². The summed E-state index contributed by atoms with van der Waals surface area (Å²) in [6, 6.07) is 14.5. The Labute approximate surface area is 162 Å². The lowest BCUT2D eigenvalue weighted by atomic mass is 9.73. The highest BCUT2D eigenvalue weighted by molar-refractivity contribution is 5.83. The number of carbonyl (C=O) groups is 1. The Kier molecular flexibility index (Phi) is 6.20. The van der Waals surface area contributed by atoms with Crippen LogP contribution in [0.4, 0.5) is 4.79 Å². The number of rotatable bonds is 4. The van der Waals surface area contributed by atoms with Crippen molar-refractivity contribution in [1.29, 1.82) is 0 Å². The summed E-state index contributed by atoms with van der Waals surface area (Å²) in [5.41, 5.74) is 2.56. The molecule has 3 rings (SSSR count). The van der Waals surface area contributed by atoms with E-state index in [0.717, 1.165) is 12.0 Å². The molecule has 27 heavy (non-hydrogen) atoms. The molecule has 1 saturated carbocycles. The van der Waals surface area contributed by atoms with Crippen molar-refractivity contribution < 1.29 is 9.53 Å². The number of hydrogen-bond acceptors (Lipinski definition) is 2. The van der Waals surface area contributed by atoms with Crippen molar-refractivity contribution in [2.45, 2.75) is 46.1 Å². The third kappa shape index (κ3) is 4.71. The smallest absolute Gasteiger partial charge is 0.407 e. The second-order valence-corrected chi connectivity index (χ2v) is 8.20. The molecule has 1 amide bonds. The van der Waals surface area contributed by atoms with E-state index in [0.29, 0.717) is 17.8 Å². The Morgan fingerprint density at radius 2 is 1.89 bits per heavy atom. The second kappa shape index (κ2) is 8.60. The van der Waals surface area contributed by atoms with Crippen molar-refractivity contribution >= 4 is 16.9 Å². The molecule has 1 aliphatic carbocycles. The van der Waals surface area contributed by atoms with E-state index in [-0.39, 0.29) is 6.04 Å². The summed E-state index contributed by atoms with van der Waals surface area (Å²) in [6.07, 6.45) is 5.50. The summed E-state index contributed by atoms with van der Waals surface area (Å²) in [5.74, 6) is 1.89. The molecule has 0 aliphatic heterocycles. The van der Waals surface area contributed by atoms with Gasteiger partial charge in [0.15, 0.2) is 0 Å². The van der Waals surface area contributed by atoms with Crippen molar-refractivity contribution in [1.82, 2.24) is 5.32 Å². The van der Waals surface area contributed by atoms with Gasteiger partial charge in [0.25, 0.3) is 0 Å². The molecule has 3 heteroatoms. The third-order valence-electron chi connectivity index (χ3n) is 5.81. The molecule has 3 atom stereocenters. The zero-order valence-electron chi connectivity index (χ0n) is 16.9. The van der Waals surface area contributed by atoms with Crippen LogP contribution >= 0.6 is 0 Å². The van der Waals surface area contributed by atoms with Gasteiger partial charge in [-0.25, -0.2) is 4.79 Å². The number of benzene rings is 2. The zero-order chi connectivity index (χ0) is 19.4. The van der Waals surface area contributed by atoms with Crippen molar-refractivity contribution in [3.05, 3.63) is 59.7 Å². The first kappa shape index (κ1) is 19.5. The zero-order valence-corrected chi connectivity index (χ0v) is 16.9. The fourth-order valence-corrected chi connectivity index (χ4v) is 4.28. The van der Waals surface area contributed by atoms with E-state index in [1.807, 2.05) is 12.1 Å². The standard InChI is InChI=1S/C24H31NO2/c1-16(2)22-12-9-17(3)13-21(22)15-23(25-24(26)27-4)20-11-10-18-7-5-6-8-19(18)14-20/h5-8,10-11,14-17,22-23H,9,12-13H2,1-4H3,(H,25,26)/b21-15+/t17-,22+,23+/m1/s1. The van der Waals surface area contributed by atoms with Crippen LogP contribution in [0.25, 0.3) is 10.8 Å². The Hall–Kier alpha value is -2.29. The molecule has 1 aliphatic rings. The molecule has 1 fully saturated rings. The first-order chi connectivity index (χ1) is 13.0. The van der Waals surface area contributed by atoms with Crippen LogP contribution in [0.3, 0.4) is 0 Å². The van der Waals surface area contributed by atoms with Crippen LogP contribution in [0.5, 0.6) is 0 Å². The first-order valence-corrected chi connectivity index (χ1v) is 10.0. The maximum Gasteiger partial charge on any atom is 0.407 e. The highest BCUT2D eigenvalue weighted by Crippen LogP contribution is 2.39. The molecule has 0 aromatic heterocycles. The average molecular weight is 366 g/mol. The Morgan fingerprint density at radius 3 is 2.59 bits per heavy atom. The molecular formula is C24H31NO2. The maximum atomic E-state index is 12.0. The second-order valence-electron chi connectivity index (χ2n) is 8.20. The third-order valence-corrected chi connectivity index (χ3v) is 5.81. The molecule has 144 valence electrons. The summed E-state index contributed by atoms with van der Waals surface area (Å²) in [4.78, 5) is 12.0. The Bertz CT molecular complexity index is 824. The maximum absolute atomic E-state index is 12.0. The molecule has 1 N–H and O–H groups in total. The Balaban J connectivity index is 1.99. The van der Waals surface area contributed by atoms with Crippen LogP contribution in [-0.4, -0.2) is 13.2 Å². The van der Waals surface area contributed by atoms with Gasteiger partial charge in [0.1, 0.15) is 0 Å². The minimum absolute atomic E-state index is 0.177. The summed E-state index contributed by atoms with van der Waals surface area (Å²) < 4.78 is 4.89. The summed E-state index contributed by atoms with van der Waals surface area (Å²) >= 11 is 0. The Morgan fingerprint density at radius 1 is 1.15 bits per heavy atom. The summed E-state index contributed by atoms with van der Waals surface area (Å²) in [7, 11) is 1.42. The fraction of sp³-hybridized carbons (Fsp3) is 0.458. The highest BCUT2D eigenvalue weighted by atomic mass is 16.5. The molecule has 0 spiro atoms. The van der Waals surface area contributed by atoms with Crippen LogP contribution < -0.4 is 5.32 Å². The van der Waals surface area contributed by atoms with Gasteiger partial charge in [-0.3, -0.25) is 0 Å². The van der Waals surface area contributed by atoms with Crippen LogP contribution in [0, 0.1) is 17.8 Å². The van der Waals surface area contributed by atoms with Gasteiger partial charge in [0.05, 0.1) is 13.2 Å². The van der Waals surface area contributed by atoms with E-state index in [4.69, 9.17) is 4.74 Å². The number of ether oxygens (including phenoxy) is 1. The number of hydrogen-bond donors (Lipinski definition) is 1. The van der Waals surface area contributed by atoms with Crippen molar-refractivity contribution in [3.63, 3.8) is 0 Å². The SMILES string of the molecule is COC(=O)N[C@@H](/C=C1\C[C@H](C)CC[C@H]1C(C)C)c1ccc2ccccc2c1. The van der Waals surface area contributed by atoms with Crippen molar-refractivity contribution in [2.75, 3.05) is 7.11 Å². The molecule has 0 heterocycles. The van der Waals surface area contributed by atoms with Crippen LogP contribution in [-0.2, 0) is 4.74 Å². The summed E-state index contributed by atoms with van der Waals surface area (Å²) in [5, 5.41) is 5.42. The quantitative estimate of drug-likeness (QED) is 0.650. The number of methoxy groups -OCH3 is 1. The topological polar surface area (TPSA) is 38.3 Å². The van der Waals surface area contributed by atoms with Crippen LogP contribution in [0.2, 0.25) is 0 Å². The van der Waals surface area contributed by atoms with Gasteiger partial charge in [0, 0.05) is 0 Å². The predicted molar refractivity (Wildman–Crippen MR) is 112 cm³/mol. The normalized spacial score (nSPS) is 22.8. The average Bonchev–Trinajstić information content (AvgIpc) is 2.66. The number of nitrogens with one attached hydrogen (secondary N) is 1. The van der Waals surface area contributed by atoms with E-state index in [9.17, 15) is 4.79 Å². The number of carbonyl (C=O) groups excluding carboxylic acids is 1. The predicted octanol–water partition coefficient (Wildman–Crippen LogP) is 6.26. The lowest BCUT2D eigenvalue weighted by molar-refractivity contribution is 0.168. The van der Waals surface area contributed by atoms with Gasteiger partial charge < -0.3 is 10.1 Å². The first-order valence-electron chi connectivity index (χ1n) is 10.0. The van der Waals surface area contributed by atoms with E-state index in [2.05, 4.69) is 62.5 Å². The fourth-order valence-electron chi connectivity index (χ4n) is 4.28. The van der Waals surface area contributed by atoms with Crippen LogP contribution in [0.15, 0.2) is 54.1 Å². The van der Waals surface area contributed by atoms with Gasteiger partial charge in [-0.1, -0.05) is 68.8 Å². The van der Waals surface area contributed by atoms with E-state index < -0.39 is 6.09 Å². The van der Waals surface area contributed by atoms with Gasteiger partial charge in [-0.2, -0.15) is 0 Å². The number of amides is 1. The number of allylic oxidation sites excluding steroid dienone is 1. The molecule has 0 bridgehead atoms. The van der Waals surface area contributed by atoms with E-state index in [1.54, 1.807) is 0 Å². The molecule has 3 nitrogen and oxygen atoms in total. The molecule has 2 aromatic rings. The minimum atomic E-state index is -0.394. The number of alkyl carbamates (subject to hydrolysis) is 1. The summed E-state index contributed by atoms with van der Waals surface area (Å²) in [6.45, 7) is 6.92. The van der Waals surface area contributed by atoms with Crippen molar-refractivity contribution in [2.24, 2.45) is 17.8 Å². The van der Waals surface area contributed by atoms with Gasteiger partial charge in [-0.15, -0.1) is 0 Å². The van der Waals surface area contributed by atoms with Gasteiger partial charge >= 0.3 is 6.09 Å². The van der Waals surface area contributed by atoms with Crippen LogP contribution in [0.1, 0.15) is 51.6 Å². The molecular weight excluding hydrogens is 334 g/mol. The van der Waals surface area contributed by atoms with E-state index >= 15 is 0 Å². The monoisotopic (exact) mass is 365 g/mol. The minimum Gasteiger partial charge on any atom is -0.453 e. The lowest BCUT2D eigenvalue weighted by Crippen LogP contribution is -2.29. The van der Waals surface area contributed by atoms with E-state index in [1.165, 1.54) is 36.3 Å². The molecule has 2 aromatic carbocycles. The molecule has 0 unspecified atom stereocenters. The molecule has 0 radical (unpaired) electrons. The van der Waals surface area contributed by atoms with Gasteiger partial charge in [0.2, 0.25) is 0 Å².